The third-order valence-electron chi connectivity index (χ3n) is 3.76. The highest BCUT2D eigenvalue weighted by Crippen LogP contribution is 2.27. The van der Waals surface area contributed by atoms with E-state index < -0.39 is 6.09 Å². The highest BCUT2D eigenvalue weighted by Gasteiger charge is 2.25. The lowest BCUT2D eigenvalue weighted by molar-refractivity contribution is 0.131. The number of piperidine rings is 1. The number of halogens is 1. The maximum atomic E-state index is 12.9. The molecule has 3 rings (SSSR count). The van der Waals surface area contributed by atoms with Gasteiger partial charge < -0.3 is 10.0 Å². The van der Waals surface area contributed by atoms with E-state index in [1.54, 1.807) is 12.1 Å². The quantitative estimate of drug-likeness (QED) is 0.890. The molecular formula is C14H15FN4O2. The van der Waals surface area contributed by atoms with Gasteiger partial charge in [0.15, 0.2) is 5.82 Å². The molecule has 1 aliphatic heterocycles. The molecule has 0 spiro atoms. The Morgan fingerprint density at radius 2 is 1.95 bits per heavy atom. The number of H-pyrrole nitrogens is 1. The van der Waals surface area contributed by atoms with Crippen molar-refractivity contribution in [3.05, 3.63) is 35.9 Å². The molecule has 2 N–H and O–H groups in total. The van der Waals surface area contributed by atoms with Crippen LogP contribution in [0, 0.1) is 5.82 Å². The molecule has 21 heavy (non-hydrogen) atoms. The molecule has 2 aromatic rings. The van der Waals surface area contributed by atoms with Crippen molar-refractivity contribution >= 4 is 6.09 Å². The fraction of sp³-hybridized carbons (Fsp3) is 0.357. The monoisotopic (exact) mass is 290 g/mol. The highest BCUT2D eigenvalue weighted by molar-refractivity contribution is 5.65. The lowest BCUT2D eigenvalue weighted by Gasteiger charge is -2.28. The van der Waals surface area contributed by atoms with E-state index in [4.69, 9.17) is 5.11 Å². The number of rotatable bonds is 2. The van der Waals surface area contributed by atoms with E-state index in [9.17, 15) is 9.18 Å². The Hall–Kier alpha value is -2.44. The molecule has 1 aliphatic rings. The lowest BCUT2D eigenvalue weighted by atomic mass is 9.96. The van der Waals surface area contributed by atoms with Crippen LogP contribution in [0.15, 0.2) is 24.3 Å². The number of carboxylic acid groups (broad SMARTS) is 1. The van der Waals surface area contributed by atoms with Gasteiger partial charge in [0.05, 0.1) is 0 Å². The van der Waals surface area contributed by atoms with Gasteiger partial charge in [-0.1, -0.05) is 0 Å². The molecule has 1 aromatic heterocycles. The molecule has 2 heterocycles. The summed E-state index contributed by atoms with van der Waals surface area (Å²) in [4.78, 5) is 16.7. The zero-order chi connectivity index (χ0) is 14.8. The topological polar surface area (TPSA) is 82.1 Å². The van der Waals surface area contributed by atoms with Crippen LogP contribution in [0.2, 0.25) is 0 Å². The molecule has 1 aromatic carbocycles. The van der Waals surface area contributed by atoms with Gasteiger partial charge in [-0.3, -0.25) is 5.10 Å². The number of hydrogen-bond donors (Lipinski definition) is 2. The SMILES string of the molecule is O=C(O)N1CCC(c2nc(-c3ccc(F)cc3)n[nH]2)CC1. The zero-order valence-electron chi connectivity index (χ0n) is 11.3. The van der Waals surface area contributed by atoms with Crippen LogP contribution in [0.1, 0.15) is 24.6 Å². The fourth-order valence-electron chi connectivity index (χ4n) is 2.53. The lowest BCUT2D eigenvalue weighted by Crippen LogP contribution is -2.37. The van der Waals surface area contributed by atoms with Crippen LogP contribution in [0.5, 0.6) is 0 Å². The van der Waals surface area contributed by atoms with Gasteiger partial charge in [0.25, 0.3) is 0 Å². The first-order valence-electron chi connectivity index (χ1n) is 6.79. The molecule has 110 valence electrons. The van der Waals surface area contributed by atoms with Crippen molar-refractivity contribution in [1.29, 1.82) is 0 Å². The molecule has 0 atom stereocenters. The molecule has 1 saturated heterocycles. The van der Waals surface area contributed by atoms with Crippen molar-refractivity contribution in [3.8, 4) is 11.4 Å². The average Bonchev–Trinajstić information content (AvgIpc) is 2.98. The predicted octanol–water partition coefficient (Wildman–Crippen LogP) is 2.47. The third kappa shape index (κ3) is 2.86. The molecule has 0 unspecified atom stereocenters. The van der Waals surface area contributed by atoms with Gasteiger partial charge in [-0.15, -0.1) is 0 Å². The number of nitrogens with one attached hydrogen (secondary N) is 1. The first-order valence-corrected chi connectivity index (χ1v) is 6.79. The summed E-state index contributed by atoms with van der Waals surface area (Å²) in [5.41, 5.74) is 0.752. The van der Waals surface area contributed by atoms with E-state index in [0.29, 0.717) is 18.9 Å². The van der Waals surface area contributed by atoms with Gasteiger partial charge in [-0.2, -0.15) is 5.10 Å². The number of nitrogens with zero attached hydrogens (tertiary/aromatic N) is 3. The molecular weight excluding hydrogens is 275 g/mol. The maximum absolute atomic E-state index is 12.9. The normalized spacial score (nSPS) is 16.1. The Morgan fingerprint density at radius 1 is 1.29 bits per heavy atom. The van der Waals surface area contributed by atoms with Crippen LogP contribution >= 0.6 is 0 Å². The maximum Gasteiger partial charge on any atom is 0.407 e. The van der Waals surface area contributed by atoms with E-state index in [1.165, 1.54) is 17.0 Å². The summed E-state index contributed by atoms with van der Waals surface area (Å²) in [6.45, 7) is 1.01. The molecule has 0 aliphatic carbocycles. The van der Waals surface area contributed by atoms with Crippen LogP contribution < -0.4 is 0 Å². The summed E-state index contributed by atoms with van der Waals surface area (Å²) in [6, 6.07) is 6.01. The summed E-state index contributed by atoms with van der Waals surface area (Å²) in [6.07, 6.45) is 0.576. The summed E-state index contributed by atoms with van der Waals surface area (Å²) in [7, 11) is 0. The Kier molecular flexibility index (Phi) is 3.55. The minimum Gasteiger partial charge on any atom is -0.465 e. The summed E-state index contributed by atoms with van der Waals surface area (Å²) in [5.74, 6) is 1.18. The zero-order valence-corrected chi connectivity index (χ0v) is 11.3. The number of aromatic nitrogens is 3. The Labute approximate surface area is 120 Å². The summed E-state index contributed by atoms with van der Waals surface area (Å²) in [5, 5.41) is 16.0. The average molecular weight is 290 g/mol. The van der Waals surface area contributed by atoms with Gasteiger partial charge in [0.1, 0.15) is 11.6 Å². The van der Waals surface area contributed by atoms with Crippen molar-refractivity contribution in [1.82, 2.24) is 20.1 Å². The second-order valence-corrected chi connectivity index (χ2v) is 5.10. The van der Waals surface area contributed by atoms with Crippen LogP contribution in [0.25, 0.3) is 11.4 Å². The van der Waals surface area contributed by atoms with Crippen molar-refractivity contribution in [3.63, 3.8) is 0 Å². The van der Waals surface area contributed by atoms with Gasteiger partial charge in [-0.25, -0.2) is 14.2 Å². The minimum atomic E-state index is -0.877. The predicted molar refractivity (Wildman–Crippen MR) is 73.3 cm³/mol. The number of likely N-dealkylation sites (tertiary alicyclic amines) is 1. The second-order valence-electron chi connectivity index (χ2n) is 5.10. The smallest absolute Gasteiger partial charge is 0.407 e. The Balaban J connectivity index is 1.71. The highest BCUT2D eigenvalue weighted by atomic mass is 19.1. The number of aromatic amines is 1. The number of benzene rings is 1. The molecule has 0 radical (unpaired) electrons. The second kappa shape index (κ2) is 5.51. The number of amides is 1. The summed E-state index contributed by atoms with van der Waals surface area (Å²) >= 11 is 0. The van der Waals surface area contributed by atoms with E-state index in [1.807, 2.05) is 0 Å². The van der Waals surface area contributed by atoms with Crippen molar-refractivity contribution < 1.29 is 14.3 Å². The molecule has 0 bridgehead atoms. The minimum absolute atomic E-state index is 0.183. The van der Waals surface area contributed by atoms with Crippen LogP contribution in [0.4, 0.5) is 9.18 Å². The summed E-state index contributed by atoms with van der Waals surface area (Å²) < 4.78 is 12.9. The van der Waals surface area contributed by atoms with Gasteiger partial charge in [0, 0.05) is 24.6 Å². The molecule has 1 amide bonds. The number of hydrogen-bond acceptors (Lipinski definition) is 3. The van der Waals surface area contributed by atoms with Crippen molar-refractivity contribution in [2.24, 2.45) is 0 Å². The van der Waals surface area contributed by atoms with E-state index in [0.717, 1.165) is 24.2 Å². The van der Waals surface area contributed by atoms with E-state index in [-0.39, 0.29) is 11.7 Å². The first-order chi connectivity index (χ1) is 10.1. The fourth-order valence-corrected chi connectivity index (χ4v) is 2.53. The molecule has 7 heteroatoms. The van der Waals surface area contributed by atoms with Crippen molar-refractivity contribution in [2.45, 2.75) is 18.8 Å². The van der Waals surface area contributed by atoms with Crippen LogP contribution in [-0.4, -0.2) is 44.4 Å². The third-order valence-corrected chi connectivity index (χ3v) is 3.76. The molecule has 6 nitrogen and oxygen atoms in total. The molecule has 1 fully saturated rings. The largest absolute Gasteiger partial charge is 0.465 e. The van der Waals surface area contributed by atoms with E-state index >= 15 is 0 Å². The van der Waals surface area contributed by atoms with Crippen molar-refractivity contribution in [2.75, 3.05) is 13.1 Å². The Morgan fingerprint density at radius 3 is 2.57 bits per heavy atom. The van der Waals surface area contributed by atoms with Gasteiger partial charge in [0.2, 0.25) is 0 Å². The molecule has 0 saturated carbocycles. The number of carbonyl (C=O) groups is 1. The van der Waals surface area contributed by atoms with Crippen LogP contribution in [0.3, 0.4) is 0 Å². The van der Waals surface area contributed by atoms with Crippen LogP contribution in [-0.2, 0) is 0 Å². The van der Waals surface area contributed by atoms with Gasteiger partial charge in [-0.05, 0) is 37.1 Å². The Bertz CT molecular complexity index is 633. The van der Waals surface area contributed by atoms with E-state index in [2.05, 4.69) is 15.2 Å². The van der Waals surface area contributed by atoms with Gasteiger partial charge >= 0.3 is 6.09 Å². The standard InChI is InChI=1S/C14H15FN4O2/c15-11-3-1-9(2-4-11)12-16-13(18-17-12)10-5-7-19(8-6-10)14(20)21/h1-4,10H,5-8H2,(H,20,21)(H,16,17,18). The first kappa shape index (κ1) is 13.5.